The van der Waals surface area contributed by atoms with Crippen molar-refractivity contribution in [2.75, 3.05) is 31.5 Å². The fourth-order valence-corrected chi connectivity index (χ4v) is 3.70. The number of anilines is 1. The topological polar surface area (TPSA) is 116 Å². The number of carbonyl (C=O) groups excluding carboxylic acids is 2. The van der Waals surface area contributed by atoms with Gasteiger partial charge >= 0.3 is 12.0 Å². The van der Waals surface area contributed by atoms with Crippen LogP contribution in [-0.4, -0.2) is 65.0 Å². The minimum absolute atomic E-state index is 0. The van der Waals surface area contributed by atoms with Crippen molar-refractivity contribution < 1.29 is 32.7 Å². The van der Waals surface area contributed by atoms with Gasteiger partial charge in [-0.15, -0.1) is 12.4 Å². The van der Waals surface area contributed by atoms with Crippen LogP contribution in [-0.2, 0) is 11.2 Å². The zero-order valence-corrected chi connectivity index (χ0v) is 19.5. The van der Waals surface area contributed by atoms with Crippen LogP contribution in [0.5, 0.6) is 0 Å². The molecule has 1 fully saturated rings. The number of rotatable bonds is 6. The van der Waals surface area contributed by atoms with Gasteiger partial charge in [0.05, 0.1) is 5.56 Å². The lowest BCUT2D eigenvalue weighted by atomic mass is 10.0. The van der Waals surface area contributed by atoms with E-state index in [9.17, 15) is 27.6 Å². The van der Waals surface area contributed by atoms with Crippen molar-refractivity contribution in [2.24, 2.45) is 5.73 Å². The van der Waals surface area contributed by atoms with Crippen molar-refractivity contribution in [3.63, 3.8) is 0 Å². The normalized spacial score (nSPS) is 14.5. The fourth-order valence-electron chi connectivity index (χ4n) is 3.70. The predicted molar refractivity (Wildman–Crippen MR) is 125 cm³/mol. The van der Waals surface area contributed by atoms with Crippen LogP contribution in [0.3, 0.4) is 0 Å². The van der Waals surface area contributed by atoms with Crippen LogP contribution in [0.25, 0.3) is 0 Å². The first kappa shape index (κ1) is 27.9. The molecule has 1 saturated heterocycles. The van der Waals surface area contributed by atoms with Gasteiger partial charge in [0.2, 0.25) is 5.91 Å². The van der Waals surface area contributed by atoms with E-state index in [0.29, 0.717) is 31.3 Å². The van der Waals surface area contributed by atoms with Crippen LogP contribution in [0.2, 0.25) is 0 Å². The van der Waals surface area contributed by atoms with E-state index in [1.807, 2.05) is 0 Å². The van der Waals surface area contributed by atoms with Crippen molar-refractivity contribution in [2.45, 2.75) is 25.3 Å². The molecule has 0 bridgehead atoms. The van der Waals surface area contributed by atoms with E-state index in [2.05, 4.69) is 5.32 Å². The Morgan fingerprint density at radius 2 is 1.54 bits per heavy atom. The molecular formula is C23H26ClF3N4O4. The van der Waals surface area contributed by atoms with E-state index >= 15 is 0 Å². The van der Waals surface area contributed by atoms with Crippen LogP contribution in [0.4, 0.5) is 23.7 Å². The largest absolute Gasteiger partial charge is 0.478 e. The van der Waals surface area contributed by atoms with Gasteiger partial charge in [0.15, 0.2) is 11.6 Å². The van der Waals surface area contributed by atoms with Gasteiger partial charge in [-0.2, -0.15) is 0 Å². The van der Waals surface area contributed by atoms with Gasteiger partial charge in [-0.05, 0) is 48.7 Å². The highest BCUT2D eigenvalue weighted by atomic mass is 35.5. The number of carbonyl (C=O) groups is 3. The zero-order valence-electron chi connectivity index (χ0n) is 18.7. The van der Waals surface area contributed by atoms with Crippen molar-refractivity contribution in [1.82, 2.24) is 9.80 Å². The summed E-state index contributed by atoms with van der Waals surface area (Å²) in [6, 6.07) is 5.79. The molecule has 2 aromatic rings. The summed E-state index contributed by atoms with van der Waals surface area (Å²) in [5.74, 6) is -4.73. The standard InChI is InChI=1S/C23H25F3N4O4.ClH/c24-18-13-20(26)19(25)11-15(18)10-16(27)12-21(31)29-6-1-7-30(9-8-29)23(34)28-17-4-2-14(3-5-17)22(32)33;/h2-5,11,13,16H,1,6-10,12,27H2,(H,28,34)(H,32,33);1H/t16-;/m1./s1. The lowest BCUT2D eigenvalue weighted by Crippen LogP contribution is -2.41. The first-order chi connectivity index (χ1) is 16.1. The van der Waals surface area contributed by atoms with E-state index in [0.717, 1.165) is 6.07 Å². The smallest absolute Gasteiger partial charge is 0.335 e. The molecule has 35 heavy (non-hydrogen) atoms. The predicted octanol–water partition coefficient (Wildman–Crippen LogP) is 3.25. The van der Waals surface area contributed by atoms with Crippen LogP contribution < -0.4 is 11.1 Å². The summed E-state index contributed by atoms with van der Waals surface area (Å²) in [4.78, 5) is 39.3. The van der Waals surface area contributed by atoms with E-state index < -0.39 is 29.5 Å². The van der Waals surface area contributed by atoms with Crippen molar-refractivity contribution >= 4 is 36.0 Å². The van der Waals surface area contributed by atoms with Gasteiger partial charge < -0.3 is 26.0 Å². The molecule has 1 aliphatic heterocycles. The average Bonchev–Trinajstić information content (AvgIpc) is 3.04. The van der Waals surface area contributed by atoms with Crippen molar-refractivity contribution in [3.05, 3.63) is 65.0 Å². The number of hydrogen-bond acceptors (Lipinski definition) is 4. The van der Waals surface area contributed by atoms with Crippen LogP contribution in [0.1, 0.15) is 28.8 Å². The highest BCUT2D eigenvalue weighted by Crippen LogP contribution is 2.17. The average molecular weight is 515 g/mol. The maximum absolute atomic E-state index is 13.8. The Morgan fingerprint density at radius 3 is 2.20 bits per heavy atom. The summed E-state index contributed by atoms with van der Waals surface area (Å²) < 4.78 is 40.3. The van der Waals surface area contributed by atoms with Gasteiger partial charge in [0.25, 0.3) is 0 Å². The number of nitrogens with zero attached hydrogens (tertiary/aromatic N) is 2. The Labute approximate surface area is 206 Å². The Balaban J connectivity index is 0.00000432. The molecule has 1 atom stereocenters. The third-order valence-electron chi connectivity index (χ3n) is 5.53. The lowest BCUT2D eigenvalue weighted by molar-refractivity contribution is -0.131. The summed E-state index contributed by atoms with van der Waals surface area (Å²) >= 11 is 0. The number of carboxylic acid groups (broad SMARTS) is 1. The maximum atomic E-state index is 13.8. The lowest BCUT2D eigenvalue weighted by Gasteiger charge is -2.23. The molecule has 0 spiro atoms. The number of benzene rings is 2. The third kappa shape index (κ3) is 7.59. The molecule has 0 unspecified atom stereocenters. The number of aromatic carboxylic acids is 1. The number of amides is 3. The molecule has 190 valence electrons. The summed E-state index contributed by atoms with van der Waals surface area (Å²) in [5, 5.41) is 11.6. The highest BCUT2D eigenvalue weighted by Gasteiger charge is 2.24. The number of nitrogens with one attached hydrogen (secondary N) is 1. The fraction of sp³-hybridized carbons (Fsp3) is 0.348. The summed E-state index contributed by atoms with van der Waals surface area (Å²) in [7, 11) is 0. The van der Waals surface area contributed by atoms with Gasteiger partial charge in [-0.25, -0.2) is 22.8 Å². The Hall–Kier alpha value is -3.31. The first-order valence-corrected chi connectivity index (χ1v) is 10.7. The van der Waals surface area contributed by atoms with Gasteiger partial charge in [-0.3, -0.25) is 4.79 Å². The molecule has 3 rings (SSSR count). The molecule has 1 heterocycles. The molecule has 3 amide bonds. The van der Waals surface area contributed by atoms with Crippen LogP contribution in [0.15, 0.2) is 36.4 Å². The van der Waals surface area contributed by atoms with Gasteiger partial charge in [0.1, 0.15) is 5.82 Å². The zero-order chi connectivity index (χ0) is 24.8. The van der Waals surface area contributed by atoms with Gasteiger partial charge in [0, 0.05) is 50.4 Å². The second kappa shape index (κ2) is 12.4. The van der Waals surface area contributed by atoms with Crippen molar-refractivity contribution in [1.29, 1.82) is 0 Å². The number of carboxylic acids is 1. The molecule has 2 aromatic carbocycles. The van der Waals surface area contributed by atoms with E-state index in [1.165, 1.54) is 24.3 Å². The Bertz CT molecular complexity index is 1070. The number of nitrogens with two attached hydrogens (primary N) is 1. The molecule has 1 aliphatic rings. The Kier molecular flexibility index (Phi) is 9.90. The van der Waals surface area contributed by atoms with E-state index in [1.54, 1.807) is 9.80 Å². The molecule has 0 aromatic heterocycles. The monoisotopic (exact) mass is 514 g/mol. The number of urea groups is 1. The molecule has 0 saturated carbocycles. The molecule has 0 radical (unpaired) electrons. The molecule has 8 nitrogen and oxygen atoms in total. The minimum atomic E-state index is -1.29. The van der Waals surface area contributed by atoms with Crippen molar-refractivity contribution in [3.8, 4) is 0 Å². The SMILES string of the molecule is Cl.N[C@@H](CC(=O)N1CCCN(C(=O)Nc2ccc(C(=O)O)cc2)CC1)Cc1cc(F)c(F)cc1F. The number of halogens is 4. The third-order valence-corrected chi connectivity index (χ3v) is 5.53. The summed E-state index contributed by atoms with van der Waals surface area (Å²) in [5.41, 5.74) is 6.41. The quantitative estimate of drug-likeness (QED) is 0.512. The van der Waals surface area contributed by atoms with E-state index in [-0.39, 0.29) is 61.4 Å². The van der Waals surface area contributed by atoms with Gasteiger partial charge in [-0.1, -0.05) is 0 Å². The first-order valence-electron chi connectivity index (χ1n) is 10.7. The minimum Gasteiger partial charge on any atom is -0.478 e. The van der Waals surface area contributed by atoms with E-state index in [4.69, 9.17) is 10.8 Å². The Morgan fingerprint density at radius 1 is 0.943 bits per heavy atom. The molecular weight excluding hydrogens is 489 g/mol. The summed E-state index contributed by atoms with van der Waals surface area (Å²) in [6.45, 7) is 1.37. The summed E-state index contributed by atoms with van der Waals surface area (Å²) in [6.07, 6.45) is 0.294. The molecule has 4 N–H and O–H groups in total. The second-order valence-electron chi connectivity index (χ2n) is 8.06. The molecule has 12 heteroatoms. The number of hydrogen-bond donors (Lipinski definition) is 3. The molecule has 0 aliphatic carbocycles. The second-order valence-corrected chi connectivity index (χ2v) is 8.06. The van der Waals surface area contributed by atoms with Crippen LogP contribution >= 0.6 is 12.4 Å². The van der Waals surface area contributed by atoms with Crippen LogP contribution in [0, 0.1) is 17.5 Å². The maximum Gasteiger partial charge on any atom is 0.335 e. The highest BCUT2D eigenvalue weighted by molar-refractivity contribution is 5.91.